The summed E-state index contributed by atoms with van der Waals surface area (Å²) in [6, 6.07) is 0. The first-order chi connectivity index (χ1) is 3.81. The average molecular weight is 130 g/mol. The van der Waals surface area contributed by atoms with Crippen LogP contribution in [0.25, 0.3) is 0 Å². The Labute approximate surface area is 54.5 Å². The van der Waals surface area contributed by atoms with Gasteiger partial charge in [0.15, 0.2) is 0 Å². The molecule has 0 saturated heterocycles. The van der Waals surface area contributed by atoms with Gasteiger partial charge < -0.3 is 0 Å². The smallest absolute Gasteiger partial charge is 0.0280 e. The highest BCUT2D eigenvalue weighted by atomic mass is 31.0. The molecular formula is C7H15P. The van der Waals surface area contributed by atoms with Crippen molar-refractivity contribution in [2.75, 3.05) is 0 Å². The Kier molecular flexibility index (Phi) is 5.42. The van der Waals surface area contributed by atoms with Gasteiger partial charge in [-0.25, -0.2) is 0 Å². The molecule has 0 bridgehead atoms. The number of rotatable bonds is 4. The molecule has 0 aliphatic heterocycles. The van der Waals surface area contributed by atoms with Crippen molar-refractivity contribution in [3.05, 3.63) is 0 Å². The lowest BCUT2D eigenvalue weighted by molar-refractivity contribution is 0.833. The van der Waals surface area contributed by atoms with Crippen LogP contribution < -0.4 is 0 Å². The van der Waals surface area contributed by atoms with Gasteiger partial charge in [0, 0.05) is 0 Å². The number of hydrogen-bond donors (Lipinski definition) is 0. The van der Waals surface area contributed by atoms with Crippen LogP contribution in [0.5, 0.6) is 0 Å². The first kappa shape index (κ1) is 8.17. The summed E-state index contributed by atoms with van der Waals surface area (Å²) in [5, 5.41) is 1.45. The van der Waals surface area contributed by atoms with Gasteiger partial charge in [0.1, 0.15) is 0 Å². The monoisotopic (exact) mass is 130 g/mol. The fraction of sp³-hybridized carbons (Fsp3) is 0.857. The summed E-state index contributed by atoms with van der Waals surface area (Å²) in [7, 11) is 3.54. The standard InChI is InChI=1S/C7H15P/c1-3-5-6-7(8)4-2/h8H,3-6H2,1-2H3. The number of hydrogen-bond acceptors (Lipinski definition) is 0. The van der Waals surface area contributed by atoms with Crippen LogP contribution in [0.3, 0.4) is 0 Å². The van der Waals surface area contributed by atoms with Crippen LogP contribution in [-0.2, 0) is 0 Å². The summed E-state index contributed by atoms with van der Waals surface area (Å²) in [6.45, 7) is 4.40. The summed E-state index contributed by atoms with van der Waals surface area (Å²) in [4.78, 5) is 0. The van der Waals surface area contributed by atoms with Gasteiger partial charge >= 0.3 is 0 Å². The Morgan fingerprint density at radius 1 is 1.38 bits per heavy atom. The fourth-order valence-corrected chi connectivity index (χ4v) is 0.744. The van der Waals surface area contributed by atoms with Gasteiger partial charge in [-0.15, -0.1) is 8.86 Å². The second-order valence-electron chi connectivity index (χ2n) is 2.06. The molecule has 0 aliphatic carbocycles. The van der Waals surface area contributed by atoms with Crippen molar-refractivity contribution in [1.82, 2.24) is 0 Å². The van der Waals surface area contributed by atoms with Gasteiger partial charge in [-0.3, -0.25) is 0 Å². The van der Waals surface area contributed by atoms with E-state index in [0.717, 1.165) is 0 Å². The van der Waals surface area contributed by atoms with Crippen LogP contribution in [-0.4, -0.2) is 5.29 Å². The fourth-order valence-electron chi connectivity index (χ4n) is 0.567. The summed E-state index contributed by atoms with van der Waals surface area (Å²) in [6.07, 6.45) is 5.06. The van der Waals surface area contributed by atoms with Crippen molar-refractivity contribution in [1.29, 1.82) is 0 Å². The Hall–Kier alpha value is 0.170. The van der Waals surface area contributed by atoms with E-state index >= 15 is 0 Å². The number of unbranched alkanes of at least 4 members (excludes halogenated alkanes) is 1. The van der Waals surface area contributed by atoms with Crippen molar-refractivity contribution in [2.45, 2.75) is 39.5 Å². The third-order valence-corrected chi connectivity index (χ3v) is 1.86. The molecule has 0 aromatic rings. The van der Waals surface area contributed by atoms with Crippen LogP contribution in [0.15, 0.2) is 0 Å². The predicted molar refractivity (Wildman–Crippen MR) is 43.1 cm³/mol. The highest BCUT2D eigenvalue weighted by Gasteiger charge is 1.87. The predicted octanol–water partition coefficient (Wildman–Crippen LogP) is 2.90. The Bertz CT molecular complexity index is 66.8. The van der Waals surface area contributed by atoms with Crippen molar-refractivity contribution in [2.24, 2.45) is 0 Å². The maximum Gasteiger partial charge on any atom is -0.0280 e. The zero-order valence-electron chi connectivity index (χ0n) is 5.83. The molecule has 48 valence electrons. The lowest BCUT2D eigenvalue weighted by Crippen LogP contribution is -1.88. The van der Waals surface area contributed by atoms with Crippen molar-refractivity contribution in [3.8, 4) is 0 Å². The van der Waals surface area contributed by atoms with E-state index in [1.807, 2.05) is 0 Å². The molecule has 0 amide bonds. The van der Waals surface area contributed by atoms with Crippen LogP contribution in [0, 0.1) is 0 Å². The minimum Gasteiger partial charge on any atom is -0.123 e. The quantitative estimate of drug-likeness (QED) is 0.513. The Balaban J connectivity index is 2.99. The molecule has 1 heteroatoms. The lowest BCUT2D eigenvalue weighted by Gasteiger charge is -1.96. The molecule has 0 nitrogen and oxygen atoms in total. The van der Waals surface area contributed by atoms with E-state index in [1.54, 1.807) is 0 Å². The highest BCUT2D eigenvalue weighted by Crippen LogP contribution is 2.00. The van der Waals surface area contributed by atoms with Gasteiger partial charge in [-0.1, -0.05) is 25.6 Å². The maximum atomic E-state index is 3.54. The molecule has 0 saturated carbocycles. The molecule has 0 fully saturated rings. The molecule has 0 aliphatic rings. The van der Waals surface area contributed by atoms with Gasteiger partial charge in [0.05, 0.1) is 0 Å². The van der Waals surface area contributed by atoms with Crippen LogP contribution in [0.2, 0.25) is 0 Å². The van der Waals surface area contributed by atoms with E-state index in [0.29, 0.717) is 0 Å². The van der Waals surface area contributed by atoms with E-state index in [9.17, 15) is 0 Å². The Morgan fingerprint density at radius 2 is 2.00 bits per heavy atom. The molecule has 8 heavy (non-hydrogen) atoms. The van der Waals surface area contributed by atoms with Crippen molar-refractivity contribution >= 4 is 14.2 Å². The Morgan fingerprint density at radius 3 is 2.38 bits per heavy atom. The van der Waals surface area contributed by atoms with E-state index < -0.39 is 0 Å². The lowest BCUT2D eigenvalue weighted by atomic mass is 10.2. The minimum atomic E-state index is 1.18. The summed E-state index contributed by atoms with van der Waals surface area (Å²) in [5.74, 6) is 0. The van der Waals surface area contributed by atoms with Crippen molar-refractivity contribution < 1.29 is 0 Å². The van der Waals surface area contributed by atoms with Crippen molar-refractivity contribution in [3.63, 3.8) is 0 Å². The van der Waals surface area contributed by atoms with Crippen LogP contribution in [0.1, 0.15) is 39.5 Å². The minimum absolute atomic E-state index is 1.18. The largest absolute Gasteiger partial charge is 0.123 e. The first-order valence-corrected chi connectivity index (χ1v) is 3.87. The van der Waals surface area contributed by atoms with Crippen LogP contribution in [0.4, 0.5) is 0 Å². The van der Waals surface area contributed by atoms with Gasteiger partial charge in [-0.2, -0.15) is 0 Å². The van der Waals surface area contributed by atoms with E-state index in [1.165, 1.54) is 31.0 Å². The summed E-state index contributed by atoms with van der Waals surface area (Å²) >= 11 is 0. The molecule has 0 N–H and O–H groups in total. The molecule has 0 unspecified atom stereocenters. The normalized spacial score (nSPS) is 9.25. The zero-order valence-corrected chi connectivity index (χ0v) is 6.83. The molecule has 0 spiro atoms. The van der Waals surface area contributed by atoms with Gasteiger partial charge in [0.25, 0.3) is 0 Å². The third-order valence-electron chi connectivity index (χ3n) is 1.26. The molecule has 0 atom stereocenters. The molecule has 0 radical (unpaired) electrons. The van der Waals surface area contributed by atoms with Gasteiger partial charge in [0.2, 0.25) is 0 Å². The second kappa shape index (κ2) is 5.31. The molecule has 0 rings (SSSR count). The topological polar surface area (TPSA) is 0 Å². The summed E-state index contributed by atoms with van der Waals surface area (Å²) < 4.78 is 0. The highest BCUT2D eigenvalue weighted by molar-refractivity contribution is 7.21. The second-order valence-corrected chi connectivity index (χ2v) is 2.77. The third kappa shape index (κ3) is 4.33. The summed E-state index contributed by atoms with van der Waals surface area (Å²) in [5.41, 5.74) is 0. The maximum absolute atomic E-state index is 3.54. The molecule has 0 aromatic heterocycles. The zero-order chi connectivity index (χ0) is 6.41. The molecule has 0 heterocycles. The average Bonchev–Trinajstić information content (AvgIpc) is 1.83. The molecular weight excluding hydrogens is 115 g/mol. The molecule has 0 aromatic carbocycles. The van der Waals surface area contributed by atoms with E-state index in [4.69, 9.17) is 0 Å². The first-order valence-electron chi connectivity index (χ1n) is 3.37. The van der Waals surface area contributed by atoms with Gasteiger partial charge in [-0.05, 0) is 19.3 Å². The van der Waals surface area contributed by atoms with E-state index in [-0.39, 0.29) is 0 Å². The van der Waals surface area contributed by atoms with Crippen LogP contribution >= 0.6 is 8.86 Å². The SMILES string of the molecule is CCCCC(=P)CC. The van der Waals surface area contributed by atoms with E-state index in [2.05, 4.69) is 22.7 Å².